The highest BCUT2D eigenvalue weighted by molar-refractivity contribution is 5.80. The van der Waals surface area contributed by atoms with Gasteiger partial charge in [0, 0.05) is 39.2 Å². The molecular weight excluding hydrogens is 274 g/mol. The lowest BCUT2D eigenvalue weighted by molar-refractivity contribution is 0.157. The predicted molar refractivity (Wildman–Crippen MR) is 95.5 cm³/mol. The summed E-state index contributed by atoms with van der Waals surface area (Å²) in [4.78, 5) is 7.21. The van der Waals surface area contributed by atoms with E-state index in [1.54, 1.807) is 7.11 Å². The quantitative estimate of drug-likeness (QED) is 0.381. The third kappa shape index (κ3) is 8.02. The first-order valence-corrected chi connectivity index (χ1v) is 9.19. The summed E-state index contributed by atoms with van der Waals surface area (Å²) in [6.45, 7) is 11.7. The number of aliphatic imine (C=N–C) groups is 1. The molecule has 0 amide bonds. The Bertz CT molecular complexity index is 305. The highest BCUT2D eigenvalue weighted by atomic mass is 16.5. The number of guanidine groups is 1. The number of nitrogens with zero attached hydrogens (tertiary/aromatic N) is 2. The van der Waals surface area contributed by atoms with Crippen LogP contribution in [0, 0.1) is 11.8 Å². The van der Waals surface area contributed by atoms with Crippen molar-refractivity contribution in [2.45, 2.75) is 59.3 Å². The van der Waals surface area contributed by atoms with E-state index in [1.807, 2.05) is 0 Å². The van der Waals surface area contributed by atoms with Crippen molar-refractivity contribution in [2.75, 3.05) is 39.9 Å². The van der Waals surface area contributed by atoms with E-state index in [-0.39, 0.29) is 0 Å². The molecule has 0 radical (unpaired) electrons. The molecule has 0 bridgehead atoms. The second-order valence-corrected chi connectivity index (χ2v) is 6.89. The SMILES string of the molecule is CCNC(=NCCCCCCC(C)C)N1CCC(COC)C1. The van der Waals surface area contributed by atoms with Gasteiger partial charge in [-0.2, -0.15) is 0 Å². The van der Waals surface area contributed by atoms with Gasteiger partial charge in [-0.3, -0.25) is 4.99 Å². The molecule has 0 aromatic rings. The average Bonchev–Trinajstić information content (AvgIpc) is 2.93. The minimum absolute atomic E-state index is 0.657. The Kier molecular flexibility index (Phi) is 10.3. The zero-order chi connectivity index (χ0) is 16.2. The van der Waals surface area contributed by atoms with Gasteiger partial charge in [-0.25, -0.2) is 0 Å². The predicted octanol–water partition coefficient (Wildman–Crippen LogP) is 3.53. The summed E-state index contributed by atoms with van der Waals surface area (Å²) >= 11 is 0. The third-order valence-corrected chi connectivity index (χ3v) is 4.27. The molecule has 0 aromatic heterocycles. The van der Waals surface area contributed by atoms with E-state index in [9.17, 15) is 0 Å². The van der Waals surface area contributed by atoms with Crippen molar-refractivity contribution in [2.24, 2.45) is 16.8 Å². The summed E-state index contributed by atoms with van der Waals surface area (Å²) in [5.41, 5.74) is 0. The topological polar surface area (TPSA) is 36.9 Å². The number of ether oxygens (including phenoxy) is 1. The second kappa shape index (κ2) is 11.8. The Hall–Kier alpha value is -0.770. The molecule has 22 heavy (non-hydrogen) atoms. The third-order valence-electron chi connectivity index (χ3n) is 4.27. The van der Waals surface area contributed by atoms with Gasteiger partial charge in [0.15, 0.2) is 5.96 Å². The van der Waals surface area contributed by atoms with E-state index < -0.39 is 0 Å². The monoisotopic (exact) mass is 311 g/mol. The molecule has 1 aliphatic heterocycles. The van der Waals surface area contributed by atoms with Gasteiger partial charge in [0.1, 0.15) is 0 Å². The number of hydrogen-bond donors (Lipinski definition) is 1. The number of hydrogen-bond acceptors (Lipinski definition) is 2. The van der Waals surface area contributed by atoms with Crippen molar-refractivity contribution in [3.05, 3.63) is 0 Å². The van der Waals surface area contributed by atoms with Gasteiger partial charge >= 0.3 is 0 Å². The van der Waals surface area contributed by atoms with Crippen LogP contribution in [0.25, 0.3) is 0 Å². The standard InChI is InChI=1S/C18H37N3O/c1-5-19-18(21-13-11-17(14-21)15-22-4)20-12-9-7-6-8-10-16(2)3/h16-17H,5-15H2,1-4H3,(H,19,20). The first-order chi connectivity index (χ1) is 10.7. The Balaban J connectivity index is 2.24. The van der Waals surface area contributed by atoms with Gasteiger partial charge in [0.2, 0.25) is 0 Å². The average molecular weight is 312 g/mol. The normalized spacial score (nSPS) is 19.2. The van der Waals surface area contributed by atoms with Crippen LogP contribution in [-0.4, -0.2) is 50.8 Å². The zero-order valence-corrected chi connectivity index (χ0v) is 15.2. The van der Waals surface area contributed by atoms with Crippen LogP contribution in [0.1, 0.15) is 59.3 Å². The highest BCUT2D eigenvalue weighted by Gasteiger charge is 2.24. The maximum absolute atomic E-state index is 5.28. The van der Waals surface area contributed by atoms with E-state index in [1.165, 1.54) is 38.5 Å². The summed E-state index contributed by atoms with van der Waals surface area (Å²) in [5, 5.41) is 3.44. The molecule has 4 heteroatoms. The van der Waals surface area contributed by atoms with Crippen molar-refractivity contribution < 1.29 is 4.74 Å². The molecule has 0 aromatic carbocycles. The number of nitrogens with one attached hydrogen (secondary N) is 1. The fourth-order valence-electron chi connectivity index (χ4n) is 3.03. The Morgan fingerprint density at radius 2 is 2.05 bits per heavy atom. The molecular formula is C18H37N3O. The Morgan fingerprint density at radius 3 is 2.73 bits per heavy atom. The minimum atomic E-state index is 0.657. The van der Waals surface area contributed by atoms with Crippen LogP contribution in [0.5, 0.6) is 0 Å². The second-order valence-electron chi connectivity index (χ2n) is 6.89. The van der Waals surface area contributed by atoms with E-state index in [0.717, 1.165) is 44.7 Å². The van der Waals surface area contributed by atoms with Crippen LogP contribution in [0.2, 0.25) is 0 Å². The molecule has 1 aliphatic rings. The number of likely N-dealkylation sites (tertiary alicyclic amines) is 1. The molecule has 4 nitrogen and oxygen atoms in total. The largest absolute Gasteiger partial charge is 0.384 e. The maximum Gasteiger partial charge on any atom is 0.193 e. The molecule has 0 aliphatic carbocycles. The van der Waals surface area contributed by atoms with Crippen LogP contribution < -0.4 is 5.32 Å². The summed E-state index contributed by atoms with van der Waals surface area (Å²) < 4.78 is 5.28. The fraction of sp³-hybridized carbons (Fsp3) is 0.944. The molecule has 0 spiro atoms. The summed E-state index contributed by atoms with van der Waals surface area (Å²) in [6.07, 6.45) is 7.81. The lowest BCUT2D eigenvalue weighted by Gasteiger charge is -2.21. The van der Waals surface area contributed by atoms with Crippen molar-refractivity contribution in [3.8, 4) is 0 Å². The fourth-order valence-corrected chi connectivity index (χ4v) is 3.03. The minimum Gasteiger partial charge on any atom is -0.384 e. The van der Waals surface area contributed by atoms with E-state index >= 15 is 0 Å². The molecule has 1 N–H and O–H groups in total. The van der Waals surface area contributed by atoms with Gasteiger partial charge in [-0.05, 0) is 25.7 Å². The summed E-state index contributed by atoms with van der Waals surface area (Å²) in [5.74, 6) is 2.60. The van der Waals surface area contributed by atoms with Crippen LogP contribution in [0.3, 0.4) is 0 Å². The van der Waals surface area contributed by atoms with Gasteiger partial charge in [0.25, 0.3) is 0 Å². The van der Waals surface area contributed by atoms with Crippen molar-refractivity contribution in [1.82, 2.24) is 10.2 Å². The highest BCUT2D eigenvalue weighted by Crippen LogP contribution is 2.16. The van der Waals surface area contributed by atoms with Gasteiger partial charge in [-0.1, -0.05) is 39.5 Å². The van der Waals surface area contributed by atoms with Crippen LogP contribution in [0.4, 0.5) is 0 Å². The van der Waals surface area contributed by atoms with Gasteiger partial charge in [-0.15, -0.1) is 0 Å². The molecule has 130 valence electrons. The molecule has 1 saturated heterocycles. The van der Waals surface area contributed by atoms with Crippen LogP contribution in [-0.2, 0) is 4.74 Å². The number of rotatable bonds is 10. The van der Waals surface area contributed by atoms with E-state index in [2.05, 4.69) is 31.0 Å². The van der Waals surface area contributed by atoms with Crippen molar-refractivity contribution in [3.63, 3.8) is 0 Å². The molecule has 0 saturated carbocycles. The van der Waals surface area contributed by atoms with Crippen molar-refractivity contribution in [1.29, 1.82) is 0 Å². The van der Waals surface area contributed by atoms with Crippen LogP contribution in [0.15, 0.2) is 4.99 Å². The number of methoxy groups -OCH3 is 1. The van der Waals surface area contributed by atoms with Gasteiger partial charge in [0.05, 0.1) is 6.61 Å². The first-order valence-electron chi connectivity index (χ1n) is 9.19. The van der Waals surface area contributed by atoms with Gasteiger partial charge < -0.3 is 15.0 Å². The maximum atomic E-state index is 5.28. The first kappa shape index (κ1) is 19.3. The lowest BCUT2D eigenvalue weighted by atomic mass is 10.0. The lowest BCUT2D eigenvalue weighted by Crippen LogP contribution is -2.40. The Labute approximate surface area is 137 Å². The van der Waals surface area contributed by atoms with E-state index in [0.29, 0.717) is 5.92 Å². The smallest absolute Gasteiger partial charge is 0.193 e. The van der Waals surface area contributed by atoms with Crippen LogP contribution >= 0.6 is 0 Å². The van der Waals surface area contributed by atoms with E-state index in [4.69, 9.17) is 9.73 Å². The molecule has 1 heterocycles. The number of unbranched alkanes of at least 4 members (excludes halogenated alkanes) is 3. The molecule has 1 atom stereocenters. The molecule has 1 rings (SSSR count). The molecule has 1 fully saturated rings. The molecule has 1 unspecified atom stereocenters. The van der Waals surface area contributed by atoms with Crippen molar-refractivity contribution >= 4 is 5.96 Å². The Morgan fingerprint density at radius 1 is 1.27 bits per heavy atom. The zero-order valence-electron chi connectivity index (χ0n) is 15.2. The summed E-state index contributed by atoms with van der Waals surface area (Å²) in [6, 6.07) is 0. The summed E-state index contributed by atoms with van der Waals surface area (Å²) in [7, 11) is 1.79.